The second-order valence-electron chi connectivity index (χ2n) is 15.2. The lowest BCUT2D eigenvalue weighted by Crippen LogP contribution is -2.27. The zero-order valence-corrected chi connectivity index (χ0v) is 36.4. The van der Waals surface area contributed by atoms with Crippen LogP contribution in [0.2, 0.25) is 0 Å². The zero-order chi connectivity index (χ0) is 40.1. The molecule has 324 valence electrons. The molecule has 0 fully saturated rings. The Hall–Kier alpha value is -1.74. The molecule has 0 saturated heterocycles. The van der Waals surface area contributed by atoms with Crippen molar-refractivity contribution in [2.24, 2.45) is 0 Å². The summed E-state index contributed by atoms with van der Waals surface area (Å²) in [5.41, 5.74) is 0. The molecule has 8 nitrogen and oxygen atoms in total. The molecule has 0 bridgehead atoms. The fourth-order valence-electron chi connectivity index (χ4n) is 6.46. The van der Waals surface area contributed by atoms with Crippen molar-refractivity contribution in [3.8, 4) is 0 Å². The monoisotopic (exact) mass is 780 g/mol. The number of nitrogens with zero attached hydrogens (tertiary/aromatic N) is 1. The van der Waals surface area contributed by atoms with Gasteiger partial charge in [-0.2, -0.15) is 0 Å². The molecule has 0 atom stereocenters. The highest BCUT2D eigenvalue weighted by Gasteiger charge is 2.14. The number of esters is 2. The van der Waals surface area contributed by atoms with E-state index in [1.807, 2.05) is 0 Å². The van der Waals surface area contributed by atoms with E-state index in [-0.39, 0.29) is 24.8 Å². The second-order valence-corrected chi connectivity index (χ2v) is 15.2. The number of unbranched alkanes of at least 4 members (excludes halogenated alkanes) is 18. The number of allylic oxidation sites excluding steroid dienone is 4. The molecule has 0 rings (SSSR count). The molecule has 0 aromatic heterocycles. The topological polar surface area (TPSA) is 94.5 Å². The Labute approximate surface area is 339 Å². The van der Waals surface area contributed by atoms with Gasteiger partial charge in [-0.05, 0) is 116 Å². The van der Waals surface area contributed by atoms with E-state index in [0.29, 0.717) is 45.7 Å². The SMILES string of the molecule is CC/C=C\CCCCOC(CCC(=O)OCCCCCCN(CCCCO)CCCCCC(=O)OCCCCCCCCCCC)OCCCC/C=C\CC. The summed E-state index contributed by atoms with van der Waals surface area (Å²) in [4.78, 5) is 27.2. The minimum Gasteiger partial charge on any atom is -0.466 e. The van der Waals surface area contributed by atoms with Crippen LogP contribution in [-0.4, -0.2) is 80.9 Å². The molecule has 0 unspecified atom stereocenters. The van der Waals surface area contributed by atoms with Crippen LogP contribution in [0.1, 0.15) is 207 Å². The van der Waals surface area contributed by atoms with Gasteiger partial charge in [0.15, 0.2) is 6.29 Å². The standard InChI is InChI=1S/C47H89NO7/c1-4-7-10-13-16-17-18-22-30-41-52-45(50)34-25-24-27-38-48(39-28-29-40-49)37-26-19-23-31-42-53-46(51)35-36-47(54-43-32-20-14-11-8-5-2)55-44-33-21-15-12-9-6-3/h8-9,11-12,47,49H,4-7,10,13-44H2,1-3H3/b11-8-,12-9-. The molecule has 8 heteroatoms. The summed E-state index contributed by atoms with van der Waals surface area (Å²) < 4.78 is 23.1. The molecule has 1 N–H and O–H groups in total. The summed E-state index contributed by atoms with van der Waals surface area (Å²) in [6.45, 7) is 12.2. The molecule has 0 amide bonds. The van der Waals surface area contributed by atoms with Crippen molar-refractivity contribution < 1.29 is 33.6 Å². The van der Waals surface area contributed by atoms with Crippen molar-refractivity contribution in [2.45, 2.75) is 213 Å². The molecule has 0 radical (unpaired) electrons. The molecule has 0 aromatic rings. The number of aliphatic hydroxyl groups is 1. The van der Waals surface area contributed by atoms with Crippen LogP contribution >= 0.6 is 0 Å². The maximum atomic E-state index is 12.5. The average molecular weight is 780 g/mol. The number of aliphatic hydroxyl groups excluding tert-OH is 1. The first-order valence-electron chi connectivity index (χ1n) is 23.2. The smallest absolute Gasteiger partial charge is 0.305 e. The summed E-state index contributed by atoms with van der Waals surface area (Å²) >= 11 is 0. The number of ether oxygens (including phenoxy) is 4. The van der Waals surface area contributed by atoms with Gasteiger partial charge in [0.25, 0.3) is 0 Å². The Balaban J connectivity index is 4.15. The quantitative estimate of drug-likeness (QED) is 0.0283. The Kier molecular flexibility index (Phi) is 43.5. The lowest BCUT2D eigenvalue weighted by Gasteiger charge is -2.22. The van der Waals surface area contributed by atoms with Crippen molar-refractivity contribution in [2.75, 3.05) is 52.7 Å². The Morgan fingerprint density at radius 2 is 0.927 bits per heavy atom. The van der Waals surface area contributed by atoms with Gasteiger partial charge in [0.2, 0.25) is 0 Å². The molecule has 0 aliphatic rings. The van der Waals surface area contributed by atoms with Gasteiger partial charge < -0.3 is 29.0 Å². The highest BCUT2D eigenvalue weighted by atomic mass is 16.7. The highest BCUT2D eigenvalue weighted by Crippen LogP contribution is 2.13. The summed E-state index contributed by atoms with van der Waals surface area (Å²) in [5, 5.41) is 9.26. The Bertz CT molecular complexity index is 840. The fraction of sp³-hybridized carbons (Fsp3) is 0.872. The van der Waals surface area contributed by atoms with E-state index < -0.39 is 0 Å². The van der Waals surface area contributed by atoms with E-state index in [1.165, 1.54) is 44.9 Å². The Morgan fingerprint density at radius 3 is 1.44 bits per heavy atom. The summed E-state index contributed by atoms with van der Waals surface area (Å²) in [6, 6.07) is 0. The molecule has 0 aliphatic heterocycles. The van der Waals surface area contributed by atoms with Crippen LogP contribution in [0.15, 0.2) is 24.3 Å². The van der Waals surface area contributed by atoms with Crippen molar-refractivity contribution >= 4 is 11.9 Å². The third-order valence-corrected chi connectivity index (χ3v) is 9.91. The van der Waals surface area contributed by atoms with E-state index in [0.717, 1.165) is 142 Å². The first-order valence-corrected chi connectivity index (χ1v) is 23.2. The van der Waals surface area contributed by atoms with E-state index in [4.69, 9.17) is 18.9 Å². The summed E-state index contributed by atoms with van der Waals surface area (Å²) in [7, 11) is 0. The maximum absolute atomic E-state index is 12.5. The normalized spacial score (nSPS) is 11.9. The van der Waals surface area contributed by atoms with E-state index in [9.17, 15) is 14.7 Å². The van der Waals surface area contributed by atoms with Crippen LogP contribution in [0.25, 0.3) is 0 Å². The third kappa shape index (κ3) is 41.7. The molecule has 55 heavy (non-hydrogen) atoms. The predicted molar refractivity (Wildman–Crippen MR) is 230 cm³/mol. The number of rotatable bonds is 44. The summed E-state index contributed by atoms with van der Waals surface area (Å²) in [6.07, 6.45) is 38.7. The van der Waals surface area contributed by atoms with Gasteiger partial charge >= 0.3 is 11.9 Å². The maximum Gasteiger partial charge on any atom is 0.305 e. The van der Waals surface area contributed by atoms with Crippen molar-refractivity contribution in [3.63, 3.8) is 0 Å². The summed E-state index contributed by atoms with van der Waals surface area (Å²) in [5.74, 6) is -0.222. The van der Waals surface area contributed by atoms with E-state index in [1.54, 1.807) is 0 Å². The van der Waals surface area contributed by atoms with Gasteiger partial charge in [0, 0.05) is 32.7 Å². The third-order valence-electron chi connectivity index (χ3n) is 9.91. The van der Waals surface area contributed by atoms with Gasteiger partial charge in [-0.1, -0.05) is 116 Å². The van der Waals surface area contributed by atoms with Gasteiger partial charge in [-0.25, -0.2) is 0 Å². The van der Waals surface area contributed by atoms with Crippen LogP contribution in [0, 0.1) is 0 Å². The fourth-order valence-corrected chi connectivity index (χ4v) is 6.46. The van der Waals surface area contributed by atoms with Crippen molar-refractivity contribution in [1.82, 2.24) is 4.90 Å². The van der Waals surface area contributed by atoms with Crippen LogP contribution < -0.4 is 0 Å². The predicted octanol–water partition coefficient (Wildman–Crippen LogP) is 12.2. The lowest BCUT2D eigenvalue weighted by molar-refractivity contribution is -0.159. The van der Waals surface area contributed by atoms with Gasteiger partial charge in [-0.3, -0.25) is 9.59 Å². The molecule has 0 aromatic carbocycles. The van der Waals surface area contributed by atoms with Gasteiger partial charge in [-0.15, -0.1) is 0 Å². The molecule has 0 spiro atoms. The van der Waals surface area contributed by atoms with Crippen LogP contribution in [0.3, 0.4) is 0 Å². The van der Waals surface area contributed by atoms with Crippen molar-refractivity contribution in [1.29, 1.82) is 0 Å². The second kappa shape index (κ2) is 45.0. The van der Waals surface area contributed by atoms with Crippen LogP contribution in [-0.2, 0) is 28.5 Å². The highest BCUT2D eigenvalue weighted by molar-refractivity contribution is 5.69. The first-order chi connectivity index (χ1) is 27.1. The van der Waals surface area contributed by atoms with Crippen LogP contribution in [0.5, 0.6) is 0 Å². The molecule has 0 aliphatic carbocycles. The van der Waals surface area contributed by atoms with Gasteiger partial charge in [0.1, 0.15) is 0 Å². The minimum absolute atomic E-state index is 0.0497. The molecular weight excluding hydrogens is 691 g/mol. The molecule has 0 heterocycles. The zero-order valence-electron chi connectivity index (χ0n) is 36.4. The lowest BCUT2D eigenvalue weighted by atomic mass is 10.1. The number of hydrogen-bond donors (Lipinski definition) is 1. The first kappa shape index (κ1) is 53.3. The largest absolute Gasteiger partial charge is 0.466 e. The average Bonchev–Trinajstić information content (AvgIpc) is 3.18. The molecular formula is C47H89NO7. The van der Waals surface area contributed by atoms with E-state index >= 15 is 0 Å². The van der Waals surface area contributed by atoms with E-state index in [2.05, 4.69) is 50.0 Å². The number of carbonyl (C=O) groups is 2. The number of carbonyl (C=O) groups excluding carboxylic acids is 2. The van der Waals surface area contributed by atoms with Crippen molar-refractivity contribution in [3.05, 3.63) is 24.3 Å². The number of hydrogen-bond acceptors (Lipinski definition) is 8. The van der Waals surface area contributed by atoms with Crippen LogP contribution in [0.4, 0.5) is 0 Å². The van der Waals surface area contributed by atoms with Gasteiger partial charge in [0.05, 0.1) is 19.6 Å². The minimum atomic E-state index is -0.360. The molecule has 0 saturated carbocycles. The Morgan fingerprint density at radius 1 is 0.491 bits per heavy atom.